The van der Waals surface area contributed by atoms with Crippen LogP contribution in [0.3, 0.4) is 0 Å². The number of alkyl halides is 1. The molecule has 0 aliphatic carbocycles. The zero-order chi connectivity index (χ0) is 13.1. The van der Waals surface area contributed by atoms with Gasteiger partial charge in [0, 0.05) is 5.56 Å². The molecule has 1 unspecified atom stereocenters. The van der Waals surface area contributed by atoms with Crippen molar-refractivity contribution in [1.82, 2.24) is 0 Å². The van der Waals surface area contributed by atoms with Crippen LogP contribution in [0.4, 0.5) is 4.39 Å². The topological polar surface area (TPSA) is 9.23 Å². The Morgan fingerprint density at radius 3 is 2.50 bits per heavy atom. The van der Waals surface area contributed by atoms with Crippen molar-refractivity contribution in [3.05, 3.63) is 65.0 Å². The summed E-state index contributed by atoms with van der Waals surface area (Å²) < 4.78 is 18.6. The molecule has 1 atom stereocenters. The monoisotopic (exact) mass is 264 g/mol. The Labute approximate surface area is 111 Å². The van der Waals surface area contributed by atoms with Crippen molar-refractivity contribution in [2.24, 2.45) is 0 Å². The van der Waals surface area contributed by atoms with Crippen LogP contribution in [0.1, 0.15) is 22.1 Å². The number of rotatable bonds is 3. The molecule has 1 nitrogen and oxygen atoms in total. The van der Waals surface area contributed by atoms with Gasteiger partial charge in [-0.1, -0.05) is 24.3 Å². The summed E-state index contributed by atoms with van der Waals surface area (Å²) in [5.74, 6) is 0.282. The van der Waals surface area contributed by atoms with Crippen LogP contribution in [0.5, 0.6) is 5.75 Å². The molecule has 0 N–H and O–H groups in total. The van der Waals surface area contributed by atoms with Gasteiger partial charge in [-0.3, -0.25) is 0 Å². The fraction of sp³-hybridized carbons (Fsp3) is 0.200. The largest absolute Gasteiger partial charge is 0.496 e. The molecule has 0 amide bonds. The van der Waals surface area contributed by atoms with Crippen molar-refractivity contribution in [2.45, 2.75) is 12.3 Å². The summed E-state index contributed by atoms with van der Waals surface area (Å²) >= 11 is 6.45. The summed E-state index contributed by atoms with van der Waals surface area (Å²) in [6.45, 7) is 1.98. The second-order valence-electron chi connectivity index (χ2n) is 4.11. The van der Waals surface area contributed by atoms with Crippen molar-refractivity contribution in [3.63, 3.8) is 0 Å². The van der Waals surface area contributed by atoms with E-state index in [-0.39, 0.29) is 5.82 Å². The maximum Gasteiger partial charge on any atom is 0.124 e. The molecule has 94 valence electrons. The van der Waals surface area contributed by atoms with Crippen molar-refractivity contribution in [1.29, 1.82) is 0 Å². The van der Waals surface area contributed by atoms with E-state index in [9.17, 15) is 4.39 Å². The molecule has 0 spiro atoms. The zero-order valence-corrected chi connectivity index (χ0v) is 11.0. The summed E-state index contributed by atoms with van der Waals surface area (Å²) in [5.41, 5.74) is 2.68. The van der Waals surface area contributed by atoms with Crippen molar-refractivity contribution >= 4 is 11.6 Å². The average molecular weight is 265 g/mol. The van der Waals surface area contributed by atoms with Crippen LogP contribution in [-0.2, 0) is 0 Å². The summed E-state index contributed by atoms with van der Waals surface area (Å²) in [6, 6.07) is 12.2. The number of aryl methyl sites for hydroxylation is 1. The molecule has 0 saturated heterocycles. The predicted molar refractivity (Wildman–Crippen MR) is 71.8 cm³/mol. The Morgan fingerprint density at radius 2 is 1.83 bits per heavy atom. The average Bonchev–Trinajstić information content (AvgIpc) is 2.38. The molecule has 0 radical (unpaired) electrons. The van der Waals surface area contributed by atoms with Gasteiger partial charge >= 0.3 is 0 Å². The lowest BCUT2D eigenvalue weighted by molar-refractivity contribution is 0.409. The van der Waals surface area contributed by atoms with E-state index in [1.54, 1.807) is 13.2 Å². The van der Waals surface area contributed by atoms with E-state index >= 15 is 0 Å². The number of halogens is 2. The second kappa shape index (κ2) is 5.40. The first kappa shape index (κ1) is 12.9. The third-order valence-electron chi connectivity index (χ3n) is 2.93. The Hall–Kier alpha value is -1.54. The molecule has 0 aliphatic heterocycles. The molecular weight excluding hydrogens is 251 g/mol. The SMILES string of the molecule is COc1ccc(F)cc1C(Cl)c1ccccc1C. The van der Waals surface area contributed by atoms with Gasteiger partial charge in [0.2, 0.25) is 0 Å². The Balaban J connectivity index is 2.48. The molecule has 0 heterocycles. The molecule has 2 rings (SSSR count). The second-order valence-corrected chi connectivity index (χ2v) is 4.54. The molecule has 0 bridgehead atoms. The predicted octanol–water partition coefficient (Wildman–Crippen LogP) is 4.47. The normalized spacial score (nSPS) is 12.2. The van der Waals surface area contributed by atoms with Gasteiger partial charge in [0.25, 0.3) is 0 Å². The molecule has 3 heteroatoms. The Kier molecular flexibility index (Phi) is 3.87. The highest BCUT2D eigenvalue weighted by Gasteiger charge is 2.17. The maximum absolute atomic E-state index is 13.3. The summed E-state index contributed by atoms with van der Waals surface area (Å²) in [6.07, 6.45) is 0. The lowest BCUT2D eigenvalue weighted by Crippen LogP contribution is -2.00. The summed E-state index contributed by atoms with van der Waals surface area (Å²) in [5, 5.41) is -0.420. The number of methoxy groups -OCH3 is 1. The molecule has 18 heavy (non-hydrogen) atoms. The summed E-state index contributed by atoms with van der Waals surface area (Å²) in [7, 11) is 1.55. The van der Waals surface area contributed by atoms with Crippen LogP contribution in [0, 0.1) is 12.7 Å². The van der Waals surface area contributed by atoms with Crippen LogP contribution >= 0.6 is 11.6 Å². The summed E-state index contributed by atoms with van der Waals surface area (Å²) in [4.78, 5) is 0. The molecule has 2 aromatic rings. The van der Waals surface area contributed by atoms with Gasteiger partial charge in [0.15, 0.2) is 0 Å². The maximum atomic E-state index is 13.3. The zero-order valence-electron chi connectivity index (χ0n) is 10.3. The number of benzene rings is 2. The van der Waals surface area contributed by atoms with Gasteiger partial charge in [-0.25, -0.2) is 4.39 Å². The van der Waals surface area contributed by atoms with Gasteiger partial charge in [0.05, 0.1) is 12.5 Å². The van der Waals surface area contributed by atoms with Crippen molar-refractivity contribution < 1.29 is 9.13 Å². The molecule has 2 aromatic carbocycles. The highest BCUT2D eigenvalue weighted by molar-refractivity contribution is 6.23. The van der Waals surface area contributed by atoms with Gasteiger partial charge in [-0.15, -0.1) is 11.6 Å². The Morgan fingerprint density at radius 1 is 1.11 bits per heavy atom. The fourth-order valence-electron chi connectivity index (χ4n) is 1.94. The van der Waals surface area contributed by atoms with E-state index in [0.29, 0.717) is 11.3 Å². The van der Waals surface area contributed by atoms with Crippen molar-refractivity contribution in [2.75, 3.05) is 7.11 Å². The van der Waals surface area contributed by atoms with E-state index in [2.05, 4.69) is 0 Å². The van der Waals surface area contributed by atoms with Crippen LogP contribution in [0.2, 0.25) is 0 Å². The van der Waals surface area contributed by atoms with Gasteiger partial charge in [-0.05, 0) is 36.2 Å². The third-order valence-corrected chi connectivity index (χ3v) is 3.40. The molecule has 0 fully saturated rings. The molecule has 0 aromatic heterocycles. The van der Waals surface area contributed by atoms with E-state index in [1.807, 2.05) is 31.2 Å². The number of hydrogen-bond acceptors (Lipinski definition) is 1. The van der Waals surface area contributed by atoms with E-state index in [0.717, 1.165) is 11.1 Å². The minimum atomic E-state index is -0.420. The van der Waals surface area contributed by atoms with Gasteiger partial charge in [-0.2, -0.15) is 0 Å². The van der Waals surface area contributed by atoms with E-state index < -0.39 is 5.38 Å². The third kappa shape index (κ3) is 2.49. The highest BCUT2D eigenvalue weighted by atomic mass is 35.5. The number of hydrogen-bond donors (Lipinski definition) is 0. The lowest BCUT2D eigenvalue weighted by Gasteiger charge is -2.16. The van der Waals surface area contributed by atoms with Crippen LogP contribution in [-0.4, -0.2) is 7.11 Å². The van der Waals surface area contributed by atoms with Crippen LogP contribution in [0.25, 0.3) is 0 Å². The highest BCUT2D eigenvalue weighted by Crippen LogP contribution is 2.36. The number of ether oxygens (including phenoxy) is 1. The quantitative estimate of drug-likeness (QED) is 0.743. The first-order chi connectivity index (χ1) is 8.63. The van der Waals surface area contributed by atoms with Crippen LogP contribution in [0.15, 0.2) is 42.5 Å². The first-order valence-electron chi connectivity index (χ1n) is 5.66. The van der Waals surface area contributed by atoms with Crippen LogP contribution < -0.4 is 4.74 Å². The molecular formula is C15H14ClFO. The van der Waals surface area contributed by atoms with E-state index in [4.69, 9.17) is 16.3 Å². The van der Waals surface area contributed by atoms with Gasteiger partial charge in [0.1, 0.15) is 11.6 Å². The van der Waals surface area contributed by atoms with Crippen molar-refractivity contribution in [3.8, 4) is 5.75 Å². The first-order valence-corrected chi connectivity index (χ1v) is 6.10. The van der Waals surface area contributed by atoms with E-state index in [1.165, 1.54) is 12.1 Å². The standard InChI is InChI=1S/C15H14ClFO/c1-10-5-3-4-6-12(10)15(16)13-9-11(17)7-8-14(13)18-2/h3-9,15H,1-2H3. The minimum absolute atomic E-state index is 0.315. The molecule has 0 aliphatic rings. The molecule has 0 saturated carbocycles. The minimum Gasteiger partial charge on any atom is -0.496 e. The fourth-order valence-corrected chi connectivity index (χ4v) is 2.36. The lowest BCUT2D eigenvalue weighted by atomic mass is 9.99. The smallest absolute Gasteiger partial charge is 0.124 e. The van der Waals surface area contributed by atoms with Gasteiger partial charge < -0.3 is 4.74 Å². The Bertz CT molecular complexity index is 554.